The Morgan fingerprint density at radius 1 is 1.06 bits per heavy atom. The number of aryl methyl sites for hydroxylation is 1. The van der Waals surface area contributed by atoms with Gasteiger partial charge < -0.3 is 14.5 Å². The van der Waals surface area contributed by atoms with Crippen LogP contribution >= 0.6 is 0 Å². The number of nitrogens with zero attached hydrogens (tertiary/aromatic N) is 3. The second-order valence-electron chi connectivity index (χ2n) is 8.84. The molecule has 5 rings (SSSR count). The number of aromatic amines is 1. The molecule has 8 nitrogen and oxygen atoms in total. The number of H-pyrrole nitrogens is 1. The van der Waals surface area contributed by atoms with E-state index in [1.54, 1.807) is 18.2 Å². The number of hydrogen-bond donors (Lipinski definition) is 1. The van der Waals surface area contributed by atoms with Crippen LogP contribution in [-0.2, 0) is 10.0 Å². The van der Waals surface area contributed by atoms with Gasteiger partial charge >= 0.3 is 0 Å². The van der Waals surface area contributed by atoms with Gasteiger partial charge in [-0.2, -0.15) is 0 Å². The molecule has 0 atom stereocenters. The number of aromatic nitrogens is 3. The third kappa shape index (κ3) is 4.11. The van der Waals surface area contributed by atoms with E-state index in [1.165, 1.54) is 0 Å². The van der Waals surface area contributed by atoms with Crippen molar-refractivity contribution in [3.63, 3.8) is 0 Å². The highest BCUT2D eigenvalue weighted by Gasteiger charge is 2.32. The Morgan fingerprint density at radius 2 is 1.82 bits per heavy atom. The minimum atomic E-state index is -3.24. The van der Waals surface area contributed by atoms with Crippen molar-refractivity contribution in [1.82, 2.24) is 19.3 Å². The van der Waals surface area contributed by atoms with Gasteiger partial charge in [0.2, 0.25) is 16.8 Å². The van der Waals surface area contributed by atoms with Gasteiger partial charge in [-0.05, 0) is 63.9 Å². The number of nitrogens with one attached hydrogen (secondary N) is 1. The maximum Gasteiger partial charge on any atom is 0.231 e. The van der Waals surface area contributed by atoms with Gasteiger partial charge in [0.1, 0.15) is 5.82 Å². The zero-order chi connectivity index (χ0) is 23.2. The lowest BCUT2D eigenvalue weighted by Gasteiger charge is -2.31. The quantitative estimate of drug-likeness (QED) is 0.606. The molecule has 4 heterocycles. The van der Waals surface area contributed by atoms with Gasteiger partial charge in [0.15, 0.2) is 11.5 Å². The third-order valence-corrected chi connectivity index (χ3v) is 8.59. The lowest BCUT2D eigenvalue weighted by atomic mass is 9.97. The number of rotatable bonds is 5. The van der Waals surface area contributed by atoms with E-state index in [4.69, 9.17) is 19.4 Å². The Morgan fingerprint density at radius 3 is 2.55 bits per heavy atom. The van der Waals surface area contributed by atoms with Crippen molar-refractivity contribution in [2.24, 2.45) is 0 Å². The van der Waals surface area contributed by atoms with Crippen LogP contribution in [0.3, 0.4) is 0 Å². The SMILES string of the molecule is Cc1cccc(-c2[nH]c(C3CCN(S(=O)(=O)C(C)C)CC3)nc2-c2ccc3c(c2)OCO3)n1. The van der Waals surface area contributed by atoms with Crippen LogP contribution in [0.4, 0.5) is 0 Å². The van der Waals surface area contributed by atoms with E-state index in [1.807, 2.05) is 43.3 Å². The Kier molecular flexibility index (Phi) is 5.62. The highest BCUT2D eigenvalue weighted by molar-refractivity contribution is 7.89. The van der Waals surface area contributed by atoms with Gasteiger partial charge in [0.25, 0.3) is 0 Å². The van der Waals surface area contributed by atoms with Crippen LogP contribution in [0.1, 0.15) is 44.1 Å². The molecule has 1 aromatic carbocycles. The number of piperidine rings is 1. The lowest BCUT2D eigenvalue weighted by molar-refractivity contribution is 0.174. The summed E-state index contributed by atoms with van der Waals surface area (Å²) in [6.45, 7) is 6.65. The first-order chi connectivity index (χ1) is 15.8. The zero-order valence-electron chi connectivity index (χ0n) is 19.0. The van der Waals surface area contributed by atoms with E-state index in [0.717, 1.165) is 52.8 Å². The molecule has 2 aliphatic rings. The van der Waals surface area contributed by atoms with Crippen molar-refractivity contribution in [2.45, 2.75) is 44.8 Å². The number of hydrogen-bond acceptors (Lipinski definition) is 6. The molecule has 3 aromatic rings. The normalized spacial score (nSPS) is 17.1. The first kappa shape index (κ1) is 21.9. The van der Waals surface area contributed by atoms with Gasteiger partial charge in [-0.1, -0.05) is 6.07 Å². The standard InChI is InChI=1S/C24H28N4O4S/c1-15(2)33(29,30)28-11-9-17(10-12-28)24-26-22(18-7-8-20-21(13-18)32-14-31-20)23(27-24)19-6-4-5-16(3)25-19/h4-8,13,15,17H,9-12,14H2,1-3H3,(H,26,27). The molecule has 0 spiro atoms. The predicted octanol–water partition coefficient (Wildman–Crippen LogP) is 4.09. The van der Waals surface area contributed by atoms with E-state index < -0.39 is 15.3 Å². The fourth-order valence-electron chi connectivity index (χ4n) is 4.39. The van der Waals surface area contributed by atoms with Crippen LogP contribution < -0.4 is 9.47 Å². The number of pyridine rings is 1. The van der Waals surface area contributed by atoms with Crippen molar-refractivity contribution in [1.29, 1.82) is 0 Å². The van der Waals surface area contributed by atoms with Crippen molar-refractivity contribution in [3.8, 4) is 34.1 Å². The number of ether oxygens (including phenoxy) is 2. The van der Waals surface area contributed by atoms with Gasteiger partial charge in [-0.25, -0.2) is 17.7 Å². The minimum Gasteiger partial charge on any atom is -0.454 e. The highest BCUT2D eigenvalue weighted by Crippen LogP contribution is 2.39. The number of sulfonamides is 1. The van der Waals surface area contributed by atoms with Gasteiger partial charge in [0, 0.05) is 30.3 Å². The number of benzene rings is 1. The minimum absolute atomic E-state index is 0.148. The molecule has 0 aliphatic carbocycles. The summed E-state index contributed by atoms with van der Waals surface area (Å²) in [6, 6.07) is 11.7. The van der Waals surface area contributed by atoms with Crippen LogP contribution in [0.5, 0.6) is 11.5 Å². The molecule has 2 aliphatic heterocycles. The van der Waals surface area contributed by atoms with Crippen molar-refractivity contribution in [3.05, 3.63) is 47.9 Å². The smallest absolute Gasteiger partial charge is 0.231 e. The van der Waals surface area contributed by atoms with Crippen LogP contribution in [0.15, 0.2) is 36.4 Å². The Labute approximate surface area is 194 Å². The van der Waals surface area contributed by atoms with E-state index in [-0.39, 0.29) is 12.7 Å². The lowest BCUT2D eigenvalue weighted by Crippen LogP contribution is -2.41. The van der Waals surface area contributed by atoms with E-state index in [9.17, 15) is 8.42 Å². The van der Waals surface area contributed by atoms with Gasteiger partial charge in [-0.3, -0.25) is 4.98 Å². The second-order valence-corrected chi connectivity index (χ2v) is 11.3. The molecule has 1 saturated heterocycles. The van der Waals surface area contributed by atoms with Crippen LogP contribution in [0.25, 0.3) is 22.6 Å². The highest BCUT2D eigenvalue weighted by atomic mass is 32.2. The monoisotopic (exact) mass is 468 g/mol. The van der Waals surface area contributed by atoms with E-state index in [2.05, 4.69) is 4.98 Å². The van der Waals surface area contributed by atoms with Gasteiger partial charge in [-0.15, -0.1) is 0 Å². The summed E-state index contributed by atoms with van der Waals surface area (Å²) < 4.78 is 37.7. The van der Waals surface area contributed by atoms with Crippen LogP contribution in [0, 0.1) is 6.92 Å². The molecular weight excluding hydrogens is 440 g/mol. The van der Waals surface area contributed by atoms with Crippen LogP contribution in [-0.4, -0.2) is 52.8 Å². The van der Waals surface area contributed by atoms with E-state index >= 15 is 0 Å². The zero-order valence-corrected chi connectivity index (χ0v) is 19.9. The number of imidazole rings is 1. The molecule has 0 saturated carbocycles. The summed E-state index contributed by atoms with van der Waals surface area (Å²) in [4.78, 5) is 13.2. The fraction of sp³-hybridized carbons (Fsp3) is 0.417. The van der Waals surface area contributed by atoms with Crippen molar-refractivity contribution < 1.29 is 17.9 Å². The molecular formula is C24H28N4O4S. The van der Waals surface area contributed by atoms with E-state index in [0.29, 0.717) is 18.8 Å². The summed E-state index contributed by atoms with van der Waals surface area (Å²) in [5.41, 5.74) is 4.32. The Hall–Kier alpha value is -2.91. The summed E-state index contributed by atoms with van der Waals surface area (Å²) >= 11 is 0. The first-order valence-electron chi connectivity index (χ1n) is 11.3. The predicted molar refractivity (Wildman–Crippen MR) is 126 cm³/mol. The summed E-state index contributed by atoms with van der Waals surface area (Å²) in [5.74, 6) is 2.44. The second kappa shape index (κ2) is 8.46. The molecule has 0 amide bonds. The molecule has 0 radical (unpaired) electrons. The topological polar surface area (TPSA) is 97.4 Å². The first-order valence-corrected chi connectivity index (χ1v) is 12.8. The average molecular weight is 469 g/mol. The Bertz CT molecular complexity index is 1280. The molecule has 0 bridgehead atoms. The molecule has 174 valence electrons. The third-order valence-electron chi connectivity index (χ3n) is 6.31. The molecule has 9 heteroatoms. The summed E-state index contributed by atoms with van der Waals surface area (Å²) in [7, 11) is -3.24. The van der Waals surface area contributed by atoms with Gasteiger partial charge in [0.05, 0.1) is 22.3 Å². The molecule has 2 aromatic heterocycles. The molecule has 1 N–H and O–H groups in total. The Balaban J connectivity index is 1.49. The average Bonchev–Trinajstić information content (AvgIpc) is 3.46. The summed E-state index contributed by atoms with van der Waals surface area (Å²) in [6.07, 6.45) is 1.45. The van der Waals surface area contributed by atoms with Crippen LogP contribution in [0.2, 0.25) is 0 Å². The molecule has 1 fully saturated rings. The maximum atomic E-state index is 12.6. The maximum absolute atomic E-state index is 12.6. The van der Waals surface area contributed by atoms with Crippen molar-refractivity contribution in [2.75, 3.05) is 19.9 Å². The largest absolute Gasteiger partial charge is 0.454 e. The van der Waals surface area contributed by atoms with Crippen molar-refractivity contribution >= 4 is 10.0 Å². The molecule has 33 heavy (non-hydrogen) atoms. The summed E-state index contributed by atoms with van der Waals surface area (Å²) in [5, 5.41) is -0.408. The molecule has 0 unspecified atom stereocenters. The number of fused-ring (bicyclic) bond motifs is 1. The fourth-order valence-corrected chi connectivity index (χ4v) is 5.70.